The molecule has 0 saturated carbocycles. The minimum atomic E-state index is 0.563. The van der Waals surface area contributed by atoms with Crippen LogP contribution in [0, 0.1) is 0 Å². The summed E-state index contributed by atoms with van der Waals surface area (Å²) in [6.45, 7) is 7.22. The Kier molecular flexibility index (Phi) is 5.48. The van der Waals surface area contributed by atoms with Crippen molar-refractivity contribution in [3.63, 3.8) is 0 Å². The van der Waals surface area contributed by atoms with Crippen LogP contribution >= 0.6 is 22.9 Å². The highest BCUT2D eigenvalue weighted by molar-refractivity contribution is 7.16. The maximum Gasteiger partial charge on any atom is 0.0931 e. The van der Waals surface area contributed by atoms with Gasteiger partial charge in [0.1, 0.15) is 0 Å². The number of hydrogen-bond acceptors (Lipinski definition) is 3. The summed E-state index contributed by atoms with van der Waals surface area (Å²) in [6.07, 6.45) is 0. The predicted molar refractivity (Wildman–Crippen MR) is 64.2 cm³/mol. The molecule has 0 bridgehead atoms. The Bertz CT molecular complexity index is 260. The van der Waals surface area contributed by atoms with Crippen LogP contribution in [0.4, 0.5) is 0 Å². The average molecular weight is 233 g/mol. The van der Waals surface area contributed by atoms with Crippen LogP contribution in [0.15, 0.2) is 12.1 Å². The molecule has 14 heavy (non-hydrogen) atoms. The van der Waals surface area contributed by atoms with E-state index < -0.39 is 0 Å². The minimum absolute atomic E-state index is 0.563. The lowest BCUT2D eigenvalue weighted by Crippen LogP contribution is -2.31. The zero-order valence-corrected chi connectivity index (χ0v) is 10.2. The Balaban J connectivity index is 2.04. The second-order valence-electron chi connectivity index (χ2n) is 3.49. The van der Waals surface area contributed by atoms with Crippen molar-refractivity contribution >= 4 is 22.9 Å². The molecule has 2 N–H and O–H groups in total. The first kappa shape index (κ1) is 12.0. The van der Waals surface area contributed by atoms with E-state index in [1.165, 1.54) is 4.88 Å². The molecule has 0 aliphatic rings. The standard InChI is InChI=1S/C10H17ClN2S/c1-8(2)13-6-5-12-7-9-3-4-10(11)14-9/h3-4,8,12-13H,5-7H2,1-2H3. The third-order valence-electron chi connectivity index (χ3n) is 1.78. The van der Waals surface area contributed by atoms with Gasteiger partial charge in [-0.25, -0.2) is 0 Å². The van der Waals surface area contributed by atoms with Gasteiger partial charge in [0.05, 0.1) is 4.34 Å². The van der Waals surface area contributed by atoms with E-state index >= 15 is 0 Å². The maximum atomic E-state index is 5.82. The first-order valence-corrected chi connectivity index (χ1v) is 6.06. The molecule has 80 valence electrons. The second-order valence-corrected chi connectivity index (χ2v) is 5.29. The van der Waals surface area contributed by atoms with Gasteiger partial charge in [-0.1, -0.05) is 25.4 Å². The van der Waals surface area contributed by atoms with Crippen molar-refractivity contribution < 1.29 is 0 Å². The van der Waals surface area contributed by atoms with Crippen LogP contribution in [0.3, 0.4) is 0 Å². The van der Waals surface area contributed by atoms with Crippen LogP contribution in [0.1, 0.15) is 18.7 Å². The number of thiophene rings is 1. The van der Waals surface area contributed by atoms with E-state index in [0.717, 1.165) is 24.0 Å². The van der Waals surface area contributed by atoms with Crippen molar-refractivity contribution in [2.24, 2.45) is 0 Å². The monoisotopic (exact) mass is 232 g/mol. The van der Waals surface area contributed by atoms with Gasteiger partial charge in [-0.3, -0.25) is 0 Å². The molecule has 0 amide bonds. The minimum Gasteiger partial charge on any atom is -0.313 e. The first-order valence-electron chi connectivity index (χ1n) is 4.87. The molecule has 0 aliphatic carbocycles. The van der Waals surface area contributed by atoms with E-state index in [9.17, 15) is 0 Å². The van der Waals surface area contributed by atoms with Crippen LogP contribution in [-0.4, -0.2) is 19.1 Å². The molecule has 0 spiro atoms. The topological polar surface area (TPSA) is 24.1 Å². The zero-order valence-electron chi connectivity index (χ0n) is 8.64. The largest absolute Gasteiger partial charge is 0.313 e. The smallest absolute Gasteiger partial charge is 0.0931 e. The normalized spacial score (nSPS) is 11.1. The van der Waals surface area contributed by atoms with E-state index in [-0.39, 0.29) is 0 Å². The van der Waals surface area contributed by atoms with Gasteiger partial charge in [-0.05, 0) is 12.1 Å². The lowest BCUT2D eigenvalue weighted by atomic mass is 10.4. The third-order valence-corrected chi connectivity index (χ3v) is 3.01. The summed E-state index contributed by atoms with van der Waals surface area (Å²) in [5.41, 5.74) is 0. The Morgan fingerprint density at radius 1 is 1.36 bits per heavy atom. The fourth-order valence-corrected chi connectivity index (χ4v) is 2.16. The lowest BCUT2D eigenvalue weighted by molar-refractivity contribution is 0.557. The molecule has 4 heteroatoms. The van der Waals surface area contributed by atoms with Gasteiger partial charge in [-0.2, -0.15) is 0 Å². The van der Waals surface area contributed by atoms with Crippen LogP contribution in [0.5, 0.6) is 0 Å². The number of rotatable bonds is 6. The number of hydrogen-bond donors (Lipinski definition) is 2. The van der Waals surface area contributed by atoms with Crippen LogP contribution in [-0.2, 0) is 6.54 Å². The van der Waals surface area contributed by atoms with E-state index in [4.69, 9.17) is 11.6 Å². The molecule has 0 unspecified atom stereocenters. The highest BCUT2D eigenvalue weighted by atomic mass is 35.5. The van der Waals surface area contributed by atoms with Crippen LogP contribution in [0.25, 0.3) is 0 Å². The SMILES string of the molecule is CC(C)NCCNCc1ccc(Cl)s1. The van der Waals surface area contributed by atoms with Gasteiger partial charge >= 0.3 is 0 Å². The fraction of sp³-hybridized carbons (Fsp3) is 0.600. The highest BCUT2D eigenvalue weighted by Gasteiger charge is 1.97. The molecule has 0 radical (unpaired) electrons. The molecule has 0 atom stereocenters. The van der Waals surface area contributed by atoms with Crippen molar-refractivity contribution in [3.8, 4) is 0 Å². The van der Waals surface area contributed by atoms with E-state index in [2.05, 4.69) is 30.5 Å². The maximum absolute atomic E-state index is 5.82. The van der Waals surface area contributed by atoms with Gasteiger partial charge < -0.3 is 10.6 Å². The number of nitrogens with one attached hydrogen (secondary N) is 2. The fourth-order valence-electron chi connectivity index (χ4n) is 1.11. The van der Waals surface area contributed by atoms with Gasteiger partial charge in [0.2, 0.25) is 0 Å². The number of halogens is 1. The third kappa shape index (κ3) is 4.96. The second kappa shape index (κ2) is 6.40. The van der Waals surface area contributed by atoms with E-state index in [1.807, 2.05) is 6.07 Å². The summed E-state index contributed by atoms with van der Waals surface area (Å²) in [7, 11) is 0. The molecule has 1 heterocycles. The lowest BCUT2D eigenvalue weighted by Gasteiger charge is -2.08. The molecule has 0 saturated heterocycles. The predicted octanol–water partition coefficient (Wildman–Crippen LogP) is 2.49. The Morgan fingerprint density at radius 2 is 2.14 bits per heavy atom. The van der Waals surface area contributed by atoms with Crippen molar-refractivity contribution in [1.29, 1.82) is 0 Å². The summed E-state index contributed by atoms with van der Waals surface area (Å²) in [5.74, 6) is 0. The molecule has 0 fully saturated rings. The van der Waals surface area contributed by atoms with Gasteiger partial charge in [0, 0.05) is 30.6 Å². The van der Waals surface area contributed by atoms with Crippen molar-refractivity contribution in [3.05, 3.63) is 21.3 Å². The summed E-state index contributed by atoms with van der Waals surface area (Å²) >= 11 is 7.46. The van der Waals surface area contributed by atoms with Crippen LogP contribution in [0.2, 0.25) is 4.34 Å². The van der Waals surface area contributed by atoms with Crippen molar-refractivity contribution in [1.82, 2.24) is 10.6 Å². The Morgan fingerprint density at radius 3 is 2.71 bits per heavy atom. The van der Waals surface area contributed by atoms with E-state index in [0.29, 0.717) is 6.04 Å². The molecule has 1 aromatic rings. The molecule has 0 aliphatic heterocycles. The van der Waals surface area contributed by atoms with Crippen molar-refractivity contribution in [2.75, 3.05) is 13.1 Å². The molecule has 2 nitrogen and oxygen atoms in total. The van der Waals surface area contributed by atoms with Gasteiger partial charge in [0.15, 0.2) is 0 Å². The summed E-state index contributed by atoms with van der Waals surface area (Å²) in [4.78, 5) is 1.29. The highest BCUT2D eigenvalue weighted by Crippen LogP contribution is 2.20. The van der Waals surface area contributed by atoms with Crippen molar-refractivity contribution in [2.45, 2.75) is 26.4 Å². The summed E-state index contributed by atoms with van der Waals surface area (Å²) in [5, 5.41) is 6.71. The first-order chi connectivity index (χ1) is 6.68. The van der Waals surface area contributed by atoms with Crippen LogP contribution < -0.4 is 10.6 Å². The molecule has 1 aromatic heterocycles. The molecule has 0 aromatic carbocycles. The Hall–Kier alpha value is -0.0900. The molecular formula is C10H17ClN2S. The molecular weight excluding hydrogens is 216 g/mol. The summed E-state index contributed by atoms with van der Waals surface area (Å²) in [6, 6.07) is 4.57. The average Bonchev–Trinajstić information content (AvgIpc) is 2.50. The Labute approximate surface area is 94.7 Å². The van der Waals surface area contributed by atoms with Gasteiger partial charge in [0.25, 0.3) is 0 Å². The van der Waals surface area contributed by atoms with Gasteiger partial charge in [-0.15, -0.1) is 11.3 Å². The quantitative estimate of drug-likeness (QED) is 0.737. The molecule has 1 rings (SSSR count). The zero-order chi connectivity index (χ0) is 10.4. The summed E-state index contributed by atoms with van der Waals surface area (Å²) < 4.78 is 0.863. The van der Waals surface area contributed by atoms with E-state index in [1.54, 1.807) is 11.3 Å².